The predicted octanol–water partition coefficient (Wildman–Crippen LogP) is 4.39. The van der Waals surface area contributed by atoms with Gasteiger partial charge in [-0.3, -0.25) is 0 Å². The molecule has 19 heavy (non-hydrogen) atoms. The van der Waals surface area contributed by atoms with Crippen molar-refractivity contribution < 1.29 is 0 Å². The van der Waals surface area contributed by atoms with Crippen molar-refractivity contribution in [1.29, 1.82) is 0 Å². The second kappa shape index (κ2) is 6.04. The highest BCUT2D eigenvalue weighted by atomic mass is 35.5. The first-order chi connectivity index (χ1) is 8.94. The molecule has 102 valence electrons. The van der Waals surface area contributed by atoms with E-state index in [2.05, 4.69) is 36.5 Å². The van der Waals surface area contributed by atoms with Crippen LogP contribution in [-0.4, -0.2) is 17.1 Å². The Hall–Kier alpha value is -0.900. The molecule has 2 nitrogen and oxygen atoms in total. The molecule has 1 aromatic carbocycles. The zero-order valence-electron chi connectivity index (χ0n) is 11.5. The molecule has 0 aliphatic heterocycles. The Kier molecular flexibility index (Phi) is 4.61. The standard InChI is InChI=1S/C15H19ClN2S/c1-15(2,3)17-9-8-14-18-13(10-19-14)11-4-6-12(16)7-5-11/h4-7,10,17H,8-9H2,1-3H3. The topological polar surface area (TPSA) is 24.9 Å². The summed E-state index contributed by atoms with van der Waals surface area (Å²) in [7, 11) is 0. The van der Waals surface area contributed by atoms with Gasteiger partial charge in [0.1, 0.15) is 0 Å². The van der Waals surface area contributed by atoms with Gasteiger partial charge in [0.05, 0.1) is 10.7 Å². The van der Waals surface area contributed by atoms with Crippen LogP contribution in [0.25, 0.3) is 11.3 Å². The number of aromatic nitrogens is 1. The lowest BCUT2D eigenvalue weighted by atomic mass is 10.1. The number of halogens is 1. The molecule has 0 aliphatic rings. The molecule has 1 heterocycles. The van der Waals surface area contributed by atoms with Crippen molar-refractivity contribution in [2.24, 2.45) is 0 Å². The number of rotatable bonds is 4. The minimum atomic E-state index is 0.163. The average Bonchev–Trinajstić information content (AvgIpc) is 2.77. The first-order valence-corrected chi connectivity index (χ1v) is 7.65. The van der Waals surface area contributed by atoms with E-state index in [1.165, 1.54) is 5.01 Å². The quantitative estimate of drug-likeness (QED) is 0.904. The molecule has 0 unspecified atom stereocenters. The zero-order valence-corrected chi connectivity index (χ0v) is 13.1. The molecular formula is C15H19ClN2S. The molecule has 2 rings (SSSR count). The maximum absolute atomic E-state index is 5.89. The van der Waals surface area contributed by atoms with Crippen molar-refractivity contribution in [1.82, 2.24) is 10.3 Å². The van der Waals surface area contributed by atoms with Crippen LogP contribution < -0.4 is 5.32 Å². The minimum Gasteiger partial charge on any atom is -0.312 e. The van der Waals surface area contributed by atoms with Crippen molar-refractivity contribution >= 4 is 22.9 Å². The Labute approximate surface area is 123 Å². The smallest absolute Gasteiger partial charge is 0.0945 e. The summed E-state index contributed by atoms with van der Waals surface area (Å²) in [6.45, 7) is 7.48. The van der Waals surface area contributed by atoms with E-state index in [9.17, 15) is 0 Å². The monoisotopic (exact) mass is 294 g/mol. The predicted molar refractivity (Wildman–Crippen MR) is 84.0 cm³/mol. The molecule has 0 saturated heterocycles. The van der Waals surface area contributed by atoms with E-state index < -0.39 is 0 Å². The lowest BCUT2D eigenvalue weighted by Crippen LogP contribution is -2.37. The molecular weight excluding hydrogens is 276 g/mol. The first kappa shape index (κ1) is 14.5. The highest BCUT2D eigenvalue weighted by Gasteiger charge is 2.09. The number of hydrogen-bond acceptors (Lipinski definition) is 3. The summed E-state index contributed by atoms with van der Waals surface area (Å²) in [6, 6.07) is 7.82. The maximum atomic E-state index is 5.89. The van der Waals surface area contributed by atoms with E-state index >= 15 is 0 Å². The van der Waals surface area contributed by atoms with Crippen molar-refractivity contribution in [3.63, 3.8) is 0 Å². The molecule has 1 aromatic heterocycles. The fourth-order valence-corrected chi connectivity index (χ4v) is 2.66. The van der Waals surface area contributed by atoms with Crippen LogP contribution in [0.1, 0.15) is 25.8 Å². The van der Waals surface area contributed by atoms with Crippen LogP contribution in [0.15, 0.2) is 29.6 Å². The van der Waals surface area contributed by atoms with E-state index in [1.54, 1.807) is 11.3 Å². The van der Waals surface area contributed by atoms with E-state index in [0.29, 0.717) is 0 Å². The van der Waals surface area contributed by atoms with Gasteiger partial charge in [0.25, 0.3) is 0 Å². The maximum Gasteiger partial charge on any atom is 0.0945 e. The molecule has 0 saturated carbocycles. The molecule has 0 bridgehead atoms. The summed E-state index contributed by atoms with van der Waals surface area (Å²) < 4.78 is 0. The van der Waals surface area contributed by atoms with Gasteiger partial charge in [-0.2, -0.15) is 0 Å². The van der Waals surface area contributed by atoms with Crippen molar-refractivity contribution in [2.75, 3.05) is 6.54 Å². The Balaban J connectivity index is 1.97. The number of benzene rings is 1. The van der Waals surface area contributed by atoms with Gasteiger partial charge in [0.15, 0.2) is 0 Å². The van der Waals surface area contributed by atoms with Gasteiger partial charge < -0.3 is 5.32 Å². The van der Waals surface area contributed by atoms with Crippen LogP contribution in [0.3, 0.4) is 0 Å². The van der Waals surface area contributed by atoms with Gasteiger partial charge in [-0.05, 0) is 32.9 Å². The zero-order chi connectivity index (χ0) is 13.9. The molecule has 0 radical (unpaired) electrons. The van der Waals surface area contributed by atoms with E-state index in [4.69, 9.17) is 11.6 Å². The van der Waals surface area contributed by atoms with E-state index in [1.807, 2.05) is 24.3 Å². The minimum absolute atomic E-state index is 0.163. The number of nitrogens with one attached hydrogen (secondary N) is 1. The first-order valence-electron chi connectivity index (χ1n) is 6.39. The summed E-state index contributed by atoms with van der Waals surface area (Å²) in [6.07, 6.45) is 0.968. The number of thiazole rings is 1. The third-order valence-corrected chi connectivity index (χ3v) is 3.85. The van der Waals surface area contributed by atoms with Gasteiger partial charge in [-0.25, -0.2) is 4.98 Å². The van der Waals surface area contributed by atoms with Crippen molar-refractivity contribution in [2.45, 2.75) is 32.7 Å². The lowest BCUT2D eigenvalue weighted by Gasteiger charge is -2.19. The van der Waals surface area contributed by atoms with Crippen LogP contribution in [0, 0.1) is 0 Å². The van der Waals surface area contributed by atoms with Gasteiger partial charge in [0.2, 0.25) is 0 Å². The normalized spacial score (nSPS) is 11.8. The summed E-state index contributed by atoms with van der Waals surface area (Å²) in [5.74, 6) is 0. The number of hydrogen-bond donors (Lipinski definition) is 1. The third-order valence-electron chi connectivity index (χ3n) is 2.69. The van der Waals surface area contributed by atoms with Gasteiger partial charge in [0, 0.05) is 34.5 Å². The Morgan fingerprint density at radius 3 is 2.53 bits per heavy atom. The second-order valence-electron chi connectivity index (χ2n) is 5.56. The molecule has 0 atom stereocenters. The van der Waals surface area contributed by atoms with E-state index in [-0.39, 0.29) is 5.54 Å². The van der Waals surface area contributed by atoms with Crippen molar-refractivity contribution in [3.8, 4) is 11.3 Å². The molecule has 1 N–H and O–H groups in total. The van der Waals surface area contributed by atoms with Crippen LogP contribution >= 0.6 is 22.9 Å². The highest BCUT2D eigenvalue weighted by Crippen LogP contribution is 2.23. The summed E-state index contributed by atoms with van der Waals surface area (Å²) >= 11 is 7.60. The van der Waals surface area contributed by atoms with Gasteiger partial charge in [-0.15, -0.1) is 11.3 Å². The molecule has 0 aliphatic carbocycles. The highest BCUT2D eigenvalue weighted by molar-refractivity contribution is 7.09. The second-order valence-corrected chi connectivity index (χ2v) is 6.94. The van der Waals surface area contributed by atoms with Crippen molar-refractivity contribution in [3.05, 3.63) is 39.7 Å². The number of nitrogens with zero attached hydrogens (tertiary/aromatic N) is 1. The van der Waals surface area contributed by atoms with Crippen LogP contribution in [0.4, 0.5) is 0 Å². The third kappa shape index (κ3) is 4.60. The van der Waals surface area contributed by atoms with Gasteiger partial charge >= 0.3 is 0 Å². The molecule has 2 aromatic rings. The molecule has 0 amide bonds. The van der Waals surface area contributed by atoms with Crippen LogP contribution in [0.2, 0.25) is 5.02 Å². The van der Waals surface area contributed by atoms with Gasteiger partial charge in [-0.1, -0.05) is 23.7 Å². The summed E-state index contributed by atoms with van der Waals surface area (Å²) in [4.78, 5) is 4.67. The average molecular weight is 295 g/mol. The largest absolute Gasteiger partial charge is 0.312 e. The van der Waals surface area contributed by atoms with E-state index in [0.717, 1.165) is 29.2 Å². The SMILES string of the molecule is CC(C)(C)NCCc1nc(-c2ccc(Cl)cc2)cs1. The molecule has 0 spiro atoms. The molecule has 4 heteroatoms. The summed E-state index contributed by atoms with van der Waals surface area (Å²) in [5, 5.41) is 7.51. The Morgan fingerprint density at radius 2 is 1.89 bits per heavy atom. The fourth-order valence-electron chi connectivity index (χ4n) is 1.72. The fraction of sp³-hybridized carbons (Fsp3) is 0.400. The summed E-state index contributed by atoms with van der Waals surface area (Å²) in [5.41, 5.74) is 2.32. The van der Waals surface area contributed by atoms with Crippen LogP contribution in [0.5, 0.6) is 0 Å². The Bertz CT molecular complexity index is 526. The lowest BCUT2D eigenvalue weighted by molar-refractivity contribution is 0.429. The Morgan fingerprint density at radius 1 is 1.21 bits per heavy atom. The van der Waals surface area contributed by atoms with Crippen LogP contribution in [-0.2, 0) is 6.42 Å². The molecule has 0 fully saturated rings.